The summed E-state index contributed by atoms with van der Waals surface area (Å²) in [6.07, 6.45) is 7.67. The second kappa shape index (κ2) is 9.29. The van der Waals surface area contributed by atoms with Gasteiger partial charge in [0, 0.05) is 43.6 Å². The lowest BCUT2D eigenvalue weighted by Gasteiger charge is -2.29. The number of aromatic nitrogens is 6. The molecule has 0 radical (unpaired) electrons. The highest BCUT2D eigenvalue weighted by atomic mass is 15.4. The summed E-state index contributed by atoms with van der Waals surface area (Å²) in [6, 6.07) is 10.5. The van der Waals surface area contributed by atoms with E-state index in [-0.39, 0.29) is 0 Å². The molecule has 1 saturated heterocycles. The fraction of sp³-hybridized carbons (Fsp3) is 0.417. The number of piperidine rings is 1. The maximum absolute atomic E-state index is 6.08. The summed E-state index contributed by atoms with van der Waals surface area (Å²) in [5.41, 5.74) is 10.2. The van der Waals surface area contributed by atoms with Crippen LogP contribution in [-0.4, -0.2) is 53.4 Å². The van der Waals surface area contributed by atoms with Gasteiger partial charge in [-0.05, 0) is 36.5 Å². The molecule has 172 valence electrons. The van der Waals surface area contributed by atoms with Crippen LogP contribution in [-0.2, 0) is 13.1 Å². The summed E-state index contributed by atoms with van der Waals surface area (Å²) in [6.45, 7) is 7.59. The predicted molar refractivity (Wildman–Crippen MR) is 128 cm³/mol. The smallest absolute Gasteiger partial charge is 0.227 e. The average molecular weight is 446 g/mol. The minimum absolute atomic E-state index is 0.305. The van der Waals surface area contributed by atoms with Gasteiger partial charge in [-0.3, -0.25) is 4.90 Å². The molecule has 4 heterocycles. The second-order valence-electron chi connectivity index (χ2n) is 9.00. The van der Waals surface area contributed by atoms with E-state index in [1.165, 1.54) is 0 Å². The number of anilines is 1. The first-order chi connectivity index (χ1) is 16.1. The lowest BCUT2D eigenvalue weighted by molar-refractivity contribution is 0.201. The number of likely N-dealkylation sites (tertiary alicyclic amines) is 1. The highest BCUT2D eigenvalue weighted by molar-refractivity contribution is 5.53. The Morgan fingerprint density at radius 2 is 1.91 bits per heavy atom. The Labute approximate surface area is 193 Å². The molecule has 1 fully saturated rings. The van der Waals surface area contributed by atoms with Crippen LogP contribution in [0.3, 0.4) is 0 Å². The maximum atomic E-state index is 6.08. The number of fused-ring (bicyclic) bond motifs is 1. The van der Waals surface area contributed by atoms with Crippen LogP contribution in [0, 0.1) is 0 Å². The number of nitrogens with two attached hydrogens (primary N) is 1. The van der Waals surface area contributed by atoms with E-state index in [9.17, 15) is 0 Å². The molecule has 3 N–H and O–H groups in total. The van der Waals surface area contributed by atoms with Crippen molar-refractivity contribution in [1.29, 1.82) is 0 Å². The molecule has 4 aromatic rings. The molecule has 0 saturated carbocycles. The van der Waals surface area contributed by atoms with Crippen LogP contribution >= 0.6 is 0 Å². The fourth-order valence-corrected chi connectivity index (χ4v) is 4.31. The molecule has 9 nitrogen and oxygen atoms in total. The van der Waals surface area contributed by atoms with Gasteiger partial charge in [-0.1, -0.05) is 32.0 Å². The van der Waals surface area contributed by atoms with Gasteiger partial charge in [0.2, 0.25) is 5.95 Å². The van der Waals surface area contributed by atoms with Gasteiger partial charge in [-0.2, -0.15) is 19.7 Å². The predicted octanol–water partition coefficient (Wildman–Crippen LogP) is 2.97. The van der Waals surface area contributed by atoms with E-state index in [2.05, 4.69) is 46.4 Å². The Balaban J connectivity index is 1.45. The SMILES string of the molecule is CC(C)c1cnn2c(NCc3ccccc3-n3cccn3)nc(CN3CCC(N)CC3)nc12. The van der Waals surface area contributed by atoms with Crippen LogP contribution in [0.25, 0.3) is 11.3 Å². The van der Waals surface area contributed by atoms with Crippen LogP contribution in [0.15, 0.2) is 48.9 Å². The molecular formula is C24H31N9. The summed E-state index contributed by atoms with van der Waals surface area (Å²) in [5.74, 6) is 1.83. The highest BCUT2D eigenvalue weighted by Crippen LogP contribution is 2.23. The topological polar surface area (TPSA) is 102 Å². The summed E-state index contributed by atoms with van der Waals surface area (Å²) >= 11 is 0. The first-order valence-corrected chi connectivity index (χ1v) is 11.6. The monoisotopic (exact) mass is 445 g/mol. The number of para-hydroxylation sites is 1. The Morgan fingerprint density at radius 1 is 1.09 bits per heavy atom. The number of rotatable bonds is 7. The first-order valence-electron chi connectivity index (χ1n) is 11.6. The van der Waals surface area contributed by atoms with Crippen molar-refractivity contribution >= 4 is 11.6 Å². The van der Waals surface area contributed by atoms with E-state index in [0.717, 1.165) is 54.2 Å². The zero-order valence-corrected chi connectivity index (χ0v) is 19.2. The number of hydrogen-bond acceptors (Lipinski definition) is 7. The Kier molecular flexibility index (Phi) is 6.06. The Morgan fingerprint density at radius 3 is 2.67 bits per heavy atom. The molecule has 1 aliphatic heterocycles. The largest absolute Gasteiger partial charge is 0.350 e. The van der Waals surface area contributed by atoms with Gasteiger partial charge >= 0.3 is 0 Å². The molecule has 5 rings (SSSR count). The summed E-state index contributed by atoms with van der Waals surface area (Å²) in [7, 11) is 0. The van der Waals surface area contributed by atoms with Crippen molar-refractivity contribution in [3.8, 4) is 5.69 Å². The van der Waals surface area contributed by atoms with Crippen molar-refractivity contribution in [1.82, 2.24) is 34.3 Å². The molecule has 0 bridgehead atoms. The van der Waals surface area contributed by atoms with Gasteiger partial charge in [0.15, 0.2) is 5.65 Å². The third-order valence-corrected chi connectivity index (χ3v) is 6.24. The number of nitrogens with zero attached hydrogens (tertiary/aromatic N) is 7. The molecule has 3 aromatic heterocycles. The Bertz CT molecular complexity index is 1200. The standard InChI is InChI=1S/C24H31N9/c1-17(2)20-15-28-33-23(20)29-22(16-31-12-8-19(25)9-13-31)30-24(33)26-14-18-6-3-4-7-21(18)32-11-5-10-27-32/h3-7,10-11,15,17,19H,8-9,12-14,16,25H2,1-2H3,(H,26,29,30). The second-order valence-corrected chi connectivity index (χ2v) is 9.00. The molecule has 0 spiro atoms. The molecule has 9 heteroatoms. The van der Waals surface area contributed by atoms with Crippen molar-refractivity contribution < 1.29 is 0 Å². The lowest BCUT2D eigenvalue weighted by atomic mass is 10.1. The number of nitrogens with one attached hydrogen (secondary N) is 1. The minimum atomic E-state index is 0.305. The van der Waals surface area contributed by atoms with Gasteiger partial charge in [-0.15, -0.1) is 0 Å². The molecule has 33 heavy (non-hydrogen) atoms. The van der Waals surface area contributed by atoms with Crippen molar-refractivity contribution in [3.63, 3.8) is 0 Å². The van der Waals surface area contributed by atoms with Crippen molar-refractivity contribution in [3.05, 3.63) is 65.9 Å². The van der Waals surface area contributed by atoms with E-state index >= 15 is 0 Å². The van der Waals surface area contributed by atoms with Crippen molar-refractivity contribution in [2.45, 2.75) is 51.7 Å². The maximum Gasteiger partial charge on any atom is 0.227 e. The van der Waals surface area contributed by atoms with Crippen LogP contribution in [0.1, 0.15) is 49.6 Å². The van der Waals surface area contributed by atoms with E-state index in [0.29, 0.717) is 31.0 Å². The van der Waals surface area contributed by atoms with Crippen LogP contribution in [0.4, 0.5) is 5.95 Å². The fourth-order valence-electron chi connectivity index (χ4n) is 4.31. The molecule has 1 aromatic carbocycles. The lowest BCUT2D eigenvalue weighted by Crippen LogP contribution is -2.39. The molecule has 0 atom stereocenters. The first kappa shape index (κ1) is 21.5. The minimum Gasteiger partial charge on any atom is -0.350 e. The summed E-state index contributed by atoms with van der Waals surface area (Å²) < 4.78 is 3.70. The van der Waals surface area contributed by atoms with Gasteiger partial charge in [0.05, 0.1) is 18.4 Å². The van der Waals surface area contributed by atoms with Gasteiger partial charge < -0.3 is 11.1 Å². The quantitative estimate of drug-likeness (QED) is 0.451. The zero-order chi connectivity index (χ0) is 22.8. The van der Waals surface area contributed by atoms with Crippen molar-refractivity contribution in [2.75, 3.05) is 18.4 Å². The average Bonchev–Trinajstić information content (AvgIpc) is 3.49. The zero-order valence-electron chi connectivity index (χ0n) is 19.2. The third kappa shape index (κ3) is 4.60. The van der Waals surface area contributed by atoms with Gasteiger partial charge in [0.25, 0.3) is 0 Å². The third-order valence-electron chi connectivity index (χ3n) is 6.24. The number of hydrogen-bond donors (Lipinski definition) is 2. The van der Waals surface area contributed by atoms with Crippen molar-refractivity contribution in [2.24, 2.45) is 5.73 Å². The van der Waals surface area contributed by atoms with Gasteiger partial charge in [-0.25, -0.2) is 9.67 Å². The molecule has 0 amide bonds. The molecule has 0 unspecified atom stereocenters. The molecular weight excluding hydrogens is 414 g/mol. The molecule has 1 aliphatic rings. The summed E-state index contributed by atoms with van der Waals surface area (Å²) in [4.78, 5) is 12.2. The van der Waals surface area contributed by atoms with E-state index in [1.807, 2.05) is 39.8 Å². The molecule has 0 aliphatic carbocycles. The van der Waals surface area contributed by atoms with Gasteiger partial charge in [0.1, 0.15) is 5.82 Å². The van der Waals surface area contributed by atoms with Crippen LogP contribution < -0.4 is 11.1 Å². The van der Waals surface area contributed by atoms with Crippen LogP contribution in [0.5, 0.6) is 0 Å². The Hall–Kier alpha value is -3.30. The number of benzene rings is 1. The van der Waals surface area contributed by atoms with Crippen LogP contribution in [0.2, 0.25) is 0 Å². The van der Waals surface area contributed by atoms with E-state index < -0.39 is 0 Å². The normalized spacial score (nSPS) is 15.5. The van der Waals surface area contributed by atoms with E-state index in [1.54, 1.807) is 6.20 Å². The summed E-state index contributed by atoms with van der Waals surface area (Å²) in [5, 5.41) is 12.5. The highest BCUT2D eigenvalue weighted by Gasteiger charge is 2.20. The van der Waals surface area contributed by atoms with E-state index in [4.69, 9.17) is 15.7 Å².